The van der Waals surface area contributed by atoms with Crippen LogP contribution in [0.3, 0.4) is 0 Å². The lowest BCUT2D eigenvalue weighted by Crippen LogP contribution is -2.04. The smallest absolute Gasteiger partial charge is 0.375 e. The molecule has 0 spiro atoms. The van der Waals surface area contributed by atoms with Crippen molar-refractivity contribution in [1.29, 1.82) is 0 Å². The fraction of sp³-hybridized carbons (Fsp3) is 0.750. The van der Waals surface area contributed by atoms with Gasteiger partial charge in [-0.3, -0.25) is 14.1 Å². The molecule has 12 heavy (non-hydrogen) atoms. The van der Waals surface area contributed by atoms with Crippen molar-refractivity contribution in [1.82, 2.24) is 5.32 Å². The van der Waals surface area contributed by atoms with Gasteiger partial charge in [-0.05, 0) is 7.05 Å². The van der Waals surface area contributed by atoms with E-state index in [0.29, 0.717) is 0 Å². The minimum absolute atomic E-state index is 0.958. The van der Waals surface area contributed by atoms with E-state index in [-0.39, 0.29) is 0 Å². The molecule has 0 unspecified atom stereocenters. The molecule has 74 valence electrons. The fourth-order valence-corrected chi connectivity index (χ4v) is 0.323. The van der Waals surface area contributed by atoms with Crippen molar-refractivity contribution < 1.29 is 17.5 Å². The van der Waals surface area contributed by atoms with Gasteiger partial charge in [0.25, 0.3) is 0 Å². The predicted molar refractivity (Wildman–Crippen MR) is 45.7 cm³/mol. The zero-order chi connectivity index (χ0) is 10.0. The lowest BCUT2D eigenvalue weighted by molar-refractivity contribution is 0.381. The van der Waals surface area contributed by atoms with Crippen LogP contribution in [0, 0.1) is 0 Å². The third-order valence-electron chi connectivity index (χ3n) is 0.568. The molecule has 5 N–H and O–H groups in total. The first-order valence-electron chi connectivity index (χ1n) is 2.99. The van der Waals surface area contributed by atoms with E-state index in [1.54, 1.807) is 6.34 Å². The van der Waals surface area contributed by atoms with Crippen LogP contribution in [0.25, 0.3) is 0 Å². The molecule has 1 aliphatic heterocycles. The molecule has 1 aliphatic rings. The van der Waals surface area contributed by atoms with E-state index >= 15 is 0 Å². The summed E-state index contributed by atoms with van der Waals surface area (Å²) in [5.41, 5.74) is 4.50. The van der Waals surface area contributed by atoms with Crippen molar-refractivity contribution in [2.45, 2.75) is 0 Å². The average molecular weight is 199 g/mol. The van der Waals surface area contributed by atoms with Crippen LogP contribution < -0.4 is 11.1 Å². The second kappa shape index (κ2) is 8.40. The molecule has 0 aromatic heterocycles. The Hall–Kier alpha value is -0.700. The standard InChI is InChI=1S/C3H6N2.CH5N.H2O4S/c1-2-5-3-4-1;1-2;1-5(2,3)4/h3H,1-2H2,(H,4,5);2H2,1H3;(H2,1,2,3,4). The third-order valence-corrected chi connectivity index (χ3v) is 0.568. The highest BCUT2D eigenvalue weighted by atomic mass is 32.3. The van der Waals surface area contributed by atoms with Gasteiger partial charge in [0.1, 0.15) is 0 Å². The molecule has 0 aliphatic carbocycles. The molecule has 0 bridgehead atoms. The highest BCUT2D eigenvalue weighted by Crippen LogP contribution is 1.68. The number of nitrogens with zero attached hydrogens (tertiary/aromatic N) is 1. The zero-order valence-electron chi connectivity index (χ0n) is 6.64. The van der Waals surface area contributed by atoms with Gasteiger partial charge in [0.2, 0.25) is 0 Å². The van der Waals surface area contributed by atoms with Gasteiger partial charge >= 0.3 is 10.4 Å². The molecule has 0 amide bonds. The lowest BCUT2D eigenvalue weighted by Gasteiger charge is -1.75. The van der Waals surface area contributed by atoms with Gasteiger partial charge in [-0.25, -0.2) is 0 Å². The zero-order valence-corrected chi connectivity index (χ0v) is 7.45. The van der Waals surface area contributed by atoms with Crippen molar-refractivity contribution in [3.63, 3.8) is 0 Å². The van der Waals surface area contributed by atoms with Crippen LogP contribution in [0.1, 0.15) is 0 Å². The second-order valence-corrected chi connectivity index (χ2v) is 2.33. The number of rotatable bonds is 0. The summed E-state index contributed by atoms with van der Waals surface area (Å²) in [6, 6.07) is 0. The van der Waals surface area contributed by atoms with Crippen molar-refractivity contribution in [2.75, 3.05) is 20.1 Å². The first kappa shape index (κ1) is 13.9. The van der Waals surface area contributed by atoms with E-state index in [1.165, 1.54) is 7.05 Å². The monoisotopic (exact) mass is 199 g/mol. The number of hydrogen-bond acceptors (Lipinski definition) is 5. The first-order chi connectivity index (χ1) is 5.50. The van der Waals surface area contributed by atoms with E-state index in [0.717, 1.165) is 13.1 Å². The highest BCUT2D eigenvalue weighted by molar-refractivity contribution is 7.79. The summed E-state index contributed by atoms with van der Waals surface area (Å²) in [6.45, 7) is 1.99. The minimum Gasteiger partial charge on any atom is -0.375 e. The van der Waals surface area contributed by atoms with E-state index in [2.05, 4.69) is 16.0 Å². The summed E-state index contributed by atoms with van der Waals surface area (Å²) in [5.74, 6) is 0. The van der Waals surface area contributed by atoms with E-state index < -0.39 is 10.4 Å². The number of nitrogens with two attached hydrogens (primary N) is 1. The van der Waals surface area contributed by atoms with Crippen LogP contribution in [0.15, 0.2) is 4.99 Å². The molecule has 0 atom stereocenters. The Kier molecular flexibility index (Phi) is 9.70. The Labute approximate surface area is 71.3 Å². The molecule has 7 nitrogen and oxygen atoms in total. The van der Waals surface area contributed by atoms with E-state index in [4.69, 9.17) is 17.5 Å². The van der Waals surface area contributed by atoms with Crippen molar-refractivity contribution in [3.8, 4) is 0 Å². The number of hydrogen-bond donors (Lipinski definition) is 4. The summed E-state index contributed by atoms with van der Waals surface area (Å²) in [6.07, 6.45) is 1.74. The summed E-state index contributed by atoms with van der Waals surface area (Å²) in [5, 5.41) is 2.93. The van der Waals surface area contributed by atoms with Crippen LogP contribution in [-0.2, 0) is 10.4 Å². The summed E-state index contributed by atoms with van der Waals surface area (Å²) >= 11 is 0. The minimum atomic E-state index is -4.67. The molecule has 1 rings (SSSR count). The number of nitrogens with one attached hydrogen (secondary N) is 1. The molecular weight excluding hydrogens is 186 g/mol. The van der Waals surface area contributed by atoms with E-state index in [1.807, 2.05) is 0 Å². The molecule has 0 saturated carbocycles. The lowest BCUT2D eigenvalue weighted by atomic mass is 10.7. The Balaban J connectivity index is 0. The summed E-state index contributed by atoms with van der Waals surface area (Å²) in [7, 11) is -3.17. The third kappa shape index (κ3) is 34.6. The van der Waals surface area contributed by atoms with Gasteiger partial charge in [-0.15, -0.1) is 0 Å². The molecule has 0 saturated heterocycles. The van der Waals surface area contributed by atoms with Crippen LogP contribution in [0.2, 0.25) is 0 Å². The fourth-order valence-electron chi connectivity index (χ4n) is 0.323. The Morgan fingerprint density at radius 1 is 1.50 bits per heavy atom. The van der Waals surface area contributed by atoms with Gasteiger partial charge in [0.05, 0.1) is 12.9 Å². The van der Waals surface area contributed by atoms with Crippen LogP contribution in [-0.4, -0.2) is 44.0 Å². The number of aliphatic imine (C=N–C) groups is 1. The molecule has 8 heteroatoms. The Bertz CT molecular complexity index is 186. The Morgan fingerprint density at radius 3 is 2.00 bits per heavy atom. The Morgan fingerprint density at radius 2 is 1.92 bits per heavy atom. The summed E-state index contributed by atoms with van der Waals surface area (Å²) < 4.78 is 31.6. The highest BCUT2D eigenvalue weighted by Gasteiger charge is 1.84. The maximum absolute atomic E-state index is 8.74. The largest absolute Gasteiger partial charge is 0.394 e. The molecule has 0 fully saturated rings. The summed E-state index contributed by atoms with van der Waals surface area (Å²) in [4.78, 5) is 3.85. The molecule has 0 radical (unpaired) electrons. The van der Waals surface area contributed by atoms with Crippen LogP contribution in [0.5, 0.6) is 0 Å². The van der Waals surface area contributed by atoms with Crippen molar-refractivity contribution >= 4 is 16.7 Å². The quantitative estimate of drug-likeness (QED) is 0.353. The van der Waals surface area contributed by atoms with Gasteiger partial charge in [-0.1, -0.05) is 0 Å². The maximum Gasteiger partial charge on any atom is 0.394 e. The SMILES string of the molecule is C1=NCCN1.CN.O=S(=O)(O)O. The second-order valence-electron chi connectivity index (χ2n) is 1.44. The molecule has 0 aromatic rings. The normalized spacial score (nSPS) is 13.3. The first-order valence-corrected chi connectivity index (χ1v) is 4.39. The van der Waals surface area contributed by atoms with Gasteiger partial charge in [0, 0.05) is 6.54 Å². The average Bonchev–Trinajstić information content (AvgIpc) is 2.41. The molecular formula is C4H13N3O4S. The van der Waals surface area contributed by atoms with E-state index in [9.17, 15) is 0 Å². The molecule has 0 aromatic carbocycles. The topological polar surface area (TPSA) is 125 Å². The predicted octanol–water partition coefficient (Wildman–Crippen LogP) is -1.46. The van der Waals surface area contributed by atoms with Gasteiger partial charge in [0.15, 0.2) is 0 Å². The van der Waals surface area contributed by atoms with Gasteiger partial charge < -0.3 is 11.1 Å². The van der Waals surface area contributed by atoms with Crippen molar-refractivity contribution in [2.24, 2.45) is 10.7 Å². The van der Waals surface area contributed by atoms with Crippen LogP contribution >= 0.6 is 0 Å². The maximum atomic E-state index is 8.74. The molecule has 1 heterocycles. The van der Waals surface area contributed by atoms with Crippen molar-refractivity contribution in [3.05, 3.63) is 0 Å². The van der Waals surface area contributed by atoms with Gasteiger partial charge in [-0.2, -0.15) is 8.42 Å². The van der Waals surface area contributed by atoms with Crippen LogP contribution in [0.4, 0.5) is 0 Å².